The molecule has 1 fully saturated rings. The molecule has 0 radical (unpaired) electrons. The van der Waals surface area contributed by atoms with E-state index in [1.54, 1.807) is 19.0 Å². The number of ether oxygens (including phenoxy) is 1. The monoisotopic (exact) mass is 375 g/mol. The number of aromatic nitrogens is 3. The van der Waals surface area contributed by atoms with Gasteiger partial charge in [0.2, 0.25) is 11.9 Å². The third-order valence-corrected chi connectivity index (χ3v) is 5.37. The second kappa shape index (κ2) is 8.09. The van der Waals surface area contributed by atoms with Crippen molar-refractivity contribution in [2.24, 2.45) is 0 Å². The summed E-state index contributed by atoms with van der Waals surface area (Å²) in [5.41, 5.74) is 2.17. The smallest absolute Gasteiger partial charge is 0.235 e. The first-order chi connectivity index (χ1) is 12.5. The number of rotatable bonds is 5. The van der Waals surface area contributed by atoms with Crippen molar-refractivity contribution in [2.75, 3.05) is 45.3 Å². The van der Waals surface area contributed by atoms with E-state index < -0.39 is 0 Å². The number of nitrogens with zero attached hydrogens (tertiary/aromatic N) is 5. The van der Waals surface area contributed by atoms with Crippen LogP contribution in [-0.2, 0) is 9.53 Å². The lowest BCUT2D eigenvalue weighted by molar-refractivity contribution is -0.127. The zero-order valence-electron chi connectivity index (χ0n) is 15.7. The van der Waals surface area contributed by atoms with Crippen LogP contribution in [0.25, 0.3) is 5.69 Å². The van der Waals surface area contributed by atoms with E-state index in [4.69, 9.17) is 4.74 Å². The fraction of sp³-hybridized carbons (Fsp3) is 0.500. The first-order valence-corrected chi connectivity index (χ1v) is 9.59. The summed E-state index contributed by atoms with van der Waals surface area (Å²) in [6.45, 7) is 6.89. The highest BCUT2D eigenvalue weighted by Crippen LogP contribution is 2.31. The molecule has 1 aliphatic rings. The van der Waals surface area contributed by atoms with Crippen LogP contribution in [0.2, 0.25) is 0 Å². The van der Waals surface area contributed by atoms with Crippen molar-refractivity contribution in [3.63, 3.8) is 0 Å². The molecule has 1 amide bonds. The third-order valence-electron chi connectivity index (χ3n) is 4.34. The standard InChI is InChI=1S/C18H25N5O2S/c1-13-7-5-6-8-15(13)23-17(22-9-11-25-12-10-22)19-20-18(23)26-14(2)16(24)21(3)4/h5-8,14H,9-12H2,1-4H3/t14-/m0/s1. The minimum Gasteiger partial charge on any atom is -0.378 e. The highest BCUT2D eigenvalue weighted by atomic mass is 32.2. The summed E-state index contributed by atoms with van der Waals surface area (Å²) in [5.74, 6) is 0.858. The van der Waals surface area contributed by atoms with Crippen molar-refractivity contribution < 1.29 is 9.53 Å². The number of hydrogen-bond acceptors (Lipinski definition) is 6. The highest BCUT2D eigenvalue weighted by Gasteiger charge is 2.25. The average molecular weight is 375 g/mol. The van der Waals surface area contributed by atoms with Crippen molar-refractivity contribution in [3.05, 3.63) is 29.8 Å². The Morgan fingerprint density at radius 2 is 1.92 bits per heavy atom. The van der Waals surface area contributed by atoms with Gasteiger partial charge in [0.25, 0.3) is 0 Å². The van der Waals surface area contributed by atoms with Crippen molar-refractivity contribution in [1.29, 1.82) is 0 Å². The average Bonchev–Trinajstić information content (AvgIpc) is 3.05. The zero-order valence-corrected chi connectivity index (χ0v) is 16.5. The molecule has 1 atom stereocenters. The molecule has 26 heavy (non-hydrogen) atoms. The van der Waals surface area contributed by atoms with E-state index in [1.807, 2.05) is 19.1 Å². The Labute approximate surface area is 158 Å². The fourth-order valence-electron chi connectivity index (χ4n) is 2.90. The van der Waals surface area contributed by atoms with E-state index >= 15 is 0 Å². The quantitative estimate of drug-likeness (QED) is 0.745. The highest BCUT2D eigenvalue weighted by molar-refractivity contribution is 8.00. The SMILES string of the molecule is Cc1ccccc1-n1c(S[C@@H](C)C(=O)N(C)C)nnc1N1CCOCC1. The molecular weight excluding hydrogens is 350 g/mol. The summed E-state index contributed by atoms with van der Waals surface area (Å²) in [6.07, 6.45) is 0. The molecular formula is C18H25N5O2S. The number of para-hydroxylation sites is 1. The summed E-state index contributed by atoms with van der Waals surface area (Å²) in [4.78, 5) is 16.1. The summed E-state index contributed by atoms with van der Waals surface area (Å²) in [5, 5.41) is 9.35. The molecule has 0 saturated carbocycles. The van der Waals surface area contributed by atoms with E-state index in [1.165, 1.54) is 11.8 Å². The predicted octanol–water partition coefficient (Wildman–Crippen LogP) is 1.98. The van der Waals surface area contributed by atoms with Gasteiger partial charge in [0.05, 0.1) is 24.2 Å². The Morgan fingerprint density at radius 1 is 1.23 bits per heavy atom. The molecule has 140 valence electrons. The van der Waals surface area contributed by atoms with E-state index in [2.05, 4.69) is 38.7 Å². The van der Waals surface area contributed by atoms with Gasteiger partial charge in [0, 0.05) is 27.2 Å². The molecule has 0 bridgehead atoms. The molecule has 0 spiro atoms. The molecule has 7 nitrogen and oxygen atoms in total. The van der Waals surface area contributed by atoms with Crippen LogP contribution in [0.1, 0.15) is 12.5 Å². The van der Waals surface area contributed by atoms with Crippen LogP contribution in [-0.4, -0.2) is 71.2 Å². The van der Waals surface area contributed by atoms with Crippen molar-refractivity contribution >= 4 is 23.6 Å². The lowest BCUT2D eigenvalue weighted by Gasteiger charge is -2.28. The number of amides is 1. The molecule has 0 unspecified atom stereocenters. The molecule has 0 aliphatic carbocycles. The number of hydrogen-bond donors (Lipinski definition) is 0. The predicted molar refractivity (Wildman–Crippen MR) is 103 cm³/mol. The number of benzene rings is 1. The summed E-state index contributed by atoms with van der Waals surface area (Å²) >= 11 is 1.44. The molecule has 8 heteroatoms. The second-order valence-electron chi connectivity index (χ2n) is 6.50. The first kappa shape index (κ1) is 18.7. The fourth-order valence-corrected chi connectivity index (χ4v) is 3.91. The third kappa shape index (κ3) is 3.86. The molecule has 2 heterocycles. The van der Waals surface area contributed by atoms with E-state index in [9.17, 15) is 4.79 Å². The number of carbonyl (C=O) groups is 1. The lowest BCUT2D eigenvalue weighted by Crippen LogP contribution is -2.38. The van der Waals surface area contributed by atoms with Crippen LogP contribution in [0.4, 0.5) is 5.95 Å². The van der Waals surface area contributed by atoms with Gasteiger partial charge in [0.1, 0.15) is 0 Å². The van der Waals surface area contributed by atoms with Gasteiger partial charge >= 0.3 is 0 Å². The van der Waals surface area contributed by atoms with E-state index in [0.29, 0.717) is 13.2 Å². The van der Waals surface area contributed by atoms with Crippen LogP contribution in [0, 0.1) is 6.92 Å². The van der Waals surface area contributed by atoms with Gasteiger partial charge in [-0.1, -0.05) is 30.0 Å². The maximum Gasteiger partial charge on any atom is 0.235 e. The van der Waals surface area contributed by atoms with Crippen molar-refractivity contribution in [2.45, 2.75) is 24.3 Å². The number of thioether (sulfide) groups is 1. The van der Waals surface area contributed by atoms with Crippen LogP contribution in [0.15, 0.2) is 29.4 Å². The first-order valence-electron chi connectivity index (χ1n) is 8.71. The normalized spacial score (nSPS) is 15.8. The molecule has 1 saturated heterocycles. The largest absolute Gasteiger partial charge is 0.378 e. The molecule has 1 aromatic carbocycles. The Balaban J connectivity index is 2.00. The maximum absolute atomic E-state index is 12.3. The maximum atomic E-state index is 12.3. The van der Waals surface area contributed by atoms with E-state index in [0.717, 1.165) is 35.4 Å². The van der Waals surface area contributed by atoms with Crippen molar-refractivity contribution in [3.8, 4) is 5.69 Å². The molecule has 0 N–H and O–H groups in total. The van der Waals surface area contributed by atoms with Gasteiger partial charge in [-0.25, -0.2) is 0 Å². The van der Waals surface area contributed by atoms with Gasteiger partial charge in [0.15, 0.2) is 5.16 Å². The molecule has 3 rings (SSSR count). The Hall–Kier alpha value is -2.06. The number of morpholine rings is 1. The van der Waals surface area contributed by atoms with Gasteiger partial charge in [-0.15, -0.1) is 10.2 Å². The number of aryl methyl sites for hydroxylation is 1. The van der Waals surface area contributed by atoms with Crippen LogP contribution < -0.4 is 4.90 Å². The van der Waals surface area contributed by atoms with E-state index in [-0.39, 0.29) is 11.2 Å². The molecule has 1 aliphatic heterocycles. The van der Waals surface area contributed by atoms with Crippen LogP contribution >= 0.6 is 11.8 Å². The van der Waals surface area contributed by atoms with Gasteiger partial charge in [-0.05, 0) is 25.5 Å². The second-order valence-corrected chi connectivity index (χ2v) is 7.80. The Kier molecular flexibility index (Phi) is 5.83. The lowest BCUT2D eigenvalue weighted by atomic mass is 10.2. The summed E-state index contributed by atoms with van der Waals surface area (Å²) < 4.78 is 7.53. The zero-order chi connectivity index (χ0) is 18.7. The minimum absolute atomic E-state index is 0.0576. The number of anilines is 1. The van der Waals surface area contributed by atoms with Crippen LogP contribution in [0.3, 0.4) is 0 Å². The van der Waals surface area contributed by atoms with Crippen LogP contribution in [0.5, 0.6) is 0 Å². The summed E-state index contributed by atoms with van der Waals surface area (Å²) in [6, 6.07) is 8.16. The Morgan fingerprint density at radius 3 is 2.58 bits per heavy atom. The van der Waals surface area contributed by atoms with Gasteiger partial charge in [-0.3, -0.25) is 9.36 Å². The molecule has 2 aromatic rings. The van der Waals surface area contributed by atoms with Gasteiger partial charge < -0.3 is 14.5 Å². The number of carbonyl (C=O) groups excluding carboxylic acids is 1. The van der Waals surface area contributed by atoms with Crippen molar-refractivity contribution in [1.82, 2.24) is 19.7 Å². The summed E-state index contributed by atoms with van der Waals surface area (Å²) in [7, 11) is 3.54. The molecule has 1 aromatic heterocycles. The minimum atomic E-state index is -0.241. The topological polar surface area (TPSA) is 63.5 Å². The Bertz CT molecular complexity index is 771. The van der Waals surface area contributed by atoms with Gasteiger partial charge in [-0.2, -0.15) is 0 Å².